The van der Waals surface area contributed by atoms with Gasteiger partial charge < -0.3 is 9.64 Å². The molecule has 2 aromatic carbocycles. The Kier molecular flexibility index (Phi) is 5.22. The van der Waals surface area contributed by atoms with Crippen LogP contribution >= 0.6 is 11.6 Å². The molecule has 1 atom stereocenters. The van der Waals surface area contributed by atoms with Gasteiger partial charge in [-0.05, 0) is 43.7 Å². The summed E-state index contributed by atoms with van der Waals surface area (Å²) < 4.78 is 32.7. The van der Waals surface area contributed by atoms with Crippen molar-refractivity contribution in [3.05, 3.63) is 53.1 Å². The Hall–Kier alpha value is -2.09. The molecule has 0 saturated carbocycles. The summed E-state index contributed by atoms with van der Waals surface area (Å²) in [5.74, 6) is 0.116. The number of hydrogen-bond donors (Lipinski definition) is 1. The fourth-order valence-corrected chi connectivity index (χ4v) is 4.41. The molecule has 1 N–H and O–H groups in total. The summed E-state index contributed by atoms with van der Waals surface area (Å²) in [5, 5.41) is 0.189. The van der Waals surface area contributed by atoms with Crippen molar-refractivity contribution in [1.82, 2.24) is 4.72 Å². The molecule has 6 nitrogen and oxygen atoms in total. The Morgan fingerprint density at radius 3 is 2.50 bits per heavy atom. The Morgan fingerprint density at radius 1 is 1.19 bits per heavy atom. The van der Waals surface area contributed by atoms with Crippen LogP contribution in [0, 0.1) is 6.92 Å². The standard InChI is InChI=1S/C18H19ClN2O4S/c1-12-3-5-13(6-4-12)21-10-9-16(18(21)22)20-26(23,24)14-7-8-17(25-2)15(19)11-14/h3-8,11,16,20H,9-10H2,1-2H3/t16-/m0/s1. The first kappa shape index (κ1) is 18.7. The topological polar surface area (TPSA) is 75.7 Å². The molecule has 8 heteroatoms. The van der Waals surface area contributed by atoms with Crippen LogP contribution in [-0.2, 0) is 14.8 Å². The molecule has 26 heavy (non-hydrogen) atoms. The molecule has 1 fully saturated rings. The van der Waals surface area contributed by atoms with Gasteiger partial charge in [0, 0.05) is 12.2 Å². The number of anilines is 1. The molecule has 0 spiro atoms. The van der Waals surface area contributed by atoms with Crippen LogP contribution in [0.2, 0.25) is 5.02 Å². The molecule has 0 radical (unpaired) electrons. The molecule has 1 amide bonds. The number of carbonyl (C=O) groups is 1. The number of nitrogens with one attached hydrogen (secondary N) is 1. The quantitative estimate of drug-likeness (QED) is 0.846. The van der Waals surface area contributed by atoms with Gasteiger partial charge >= 0.3 is 0 Å². The lowest BCUT2D eigenvalue weighted by Gasteiger charge is -2.17. The van der Waals surface area contributed by atoms with Gasteiger partial charge in [0.2, 0.25) is 15.9 Å². The largest absolute Gasteiger partial charge is 0.495 e. The number of aryl methyl sites for hydroxylation is 1. The summed E-state index contributed by atoms with van der Waals surface area (Å²) in [7, 11) is -2.43. The fourth-order valence-electron chi connectivity index (χ4n) is 2.84. The maximum atomic E-state index is 12.6. The van der Waals surface area contributed by atoms with E-state index < -0.39 is 16.1 Å². The van der Waals surface area contributed by atoms with Crippen molar-refractivity contribution in [2.45, 2.75) is 24.3 Å². The van der Waals surface area contributed by atoms with Crippen molar-refractivity contribution in [2.75, 3.05) is 18.6 Å². The van der Waals surface area contributed by atoms with Crippen molar-refractivity contribution < 1.29 is 17.9 Å². The van der Waals surface area contributed by atoms with Gasteiger partial charge in [-0.15, -0.1) is 0 Å². The number of amides is 1. The normalized spacial score (nSPS) is 17.6. The summed E-state index contributed by atoms with van der Waals surface area (Å²) in [5.41, 5.74) is 1.85. The zero-order valence-corrected chi connectivity index (χ0v) is 16.0. The predicted octanol–water partition coefficient (Wildman–Crippen LogP) is 2.74. The van der Waals surface area contributed by atoms with E-state index in [2.05, 4.69) is 4.72 Å². The lowest BCUT2D eigenvalue weighted by Crippen LogP contribution is -2.41. The summed E-state index contributed by atoms with van der Waals surface area (Å²) in [6.45, 7) is 2.42. The summed E-state index contributed by atoms with van der Waals surface area (Å²) >= 11 is 6.00. The monoisotopic (exact) mass is 394 g/mol. The molecule has 138 valence electrons. The summed E-state index contributed by atoms with van der Waals surface area (Å²) in [6, 6.07) is 10.9. The molecule has 0 unspecified atom stereocenters. The molecular formula is C18H19ClN2O4S. The summed E-state index contributed by atoms with van der Waals surface area (Å²) in [6.07, 6.45) is 0.399. The van der Waals surface area contributed by atoms with Gasteiger partial charge in [-0.3, -0.25) is 4.79 Å². The average Bonchev–Trinajstić information content (AvgIpc) is 2.96. The van der Waals surface area contributed by atoms with E-state index in [1.54, 1.807) is 4.90 Å². The fraction of sp³-hybridized carbons (Fsp3) is 0.278. The third kappa shape index (κ3) is 3.70. The van der Waals surface area contributed by atoms with Crippen LogP contribution in [0.25, 0.3) is 0 Å². The van der Waals surface area contributed by atoms with Crippen LogP contribution in [-0.4, -0.2) is 34.0 Å². The highest BCUT2D eigenvalue weighted by Crippen LogP contribution is 2.28. The van der Waals surface area contributed by atoms with Crippen molar-refractivity contribution in [1.29, 1.82) is 0 Å². The second-order valence-corrected chi connectivity index (χ2v) is 8.21. The lowest BCUT2D eigenvalue weighted by atomic mass is 10.2. The third-order valence-electron chi connectivity index (χ3n) is 4.28. The molecule has 1 aliphatic rings. The van der Waals surface area contributed by atoms with E-state index in [1.165, 1.54) is 25.3 Å². The number of hydrogen-bond acceptors (Lipinski definition) is 4. The molecule has 0 bridgehead atoms. The second kappa shape index (κ2) is 7.26. The second-order valence-electron chi connectivity index (χ2n) is 6.08. The number of halogens is 1. The number of methoxy groups -OCH3 is 1. The Bertz CT molecular complexity index is 929. The minimum absolute atomic E-state index is 0.00936. The Labute approximate surface area is 157 Å². The zero-order valence-electron chi connectivity index (χ0n) is 14.4. The Morgan fingerprint density at radius 2 is 1.88 bits per heavy atom. The van der Waals surface area contributed by atoms with Crippen LogP contribution in [0.15, 0.2) is 47.4 Å². The van der Waals surface area contributed by atoms with Crippen LogP contribution in [0.3, 0.4) is 0 Å². The molecule has 1 heterocycles. The number of ether oxygens (including phenoxy) is 1. The lowest BCUT2D eigenvalue weighted by molar-refractivity contribution is -0.118. The number of benzene rings is 2. The van der Waals surface area contributed by atoms with Crippen LogP contribution in [0.5, 0.6) is 5.75 Å². The predicted molar refractivity (Wildman–Crippen MR) is 100 cm³/mol. The van der Waals surface area contributed by atoms with Crippen molar-refractivity contribution in [3.8, 4) is 5.75 Å². The molecule has 0 aliphatic carbocycles. The zero-order chi connectivity index (χ0) is 18.9. The highest BCUT2D eigenvalue weighted by atomic mass is 35.5. The van der Waals surface area contributed by atoms with E-state index in [4.69, 9.17) is 16.3 Å². The molecule has 1 saturated heterocycles. The van der Waals surface area contributed by atoms with Gasteiger partial charge in [0.1, 0.15) is 11.8 Å². The van der Waals surface area contributed by atoms with E-state index >= 15 is 0 Å². The first-order chi connectivity index (χ1) is 12.3. The van der Waals surface area contributed by atoms with Gasteiger partial charge in [-0.25, -0.2) is 8.42 Å². The van der Waals surface area contributed by atoms with Gasteiger partial charge in [-0.1, -0.05) is 29.3 Å². The van der Waals surface area contributed by atoms with E-state index in [1.807, 2.05) is 31.2 Å². The number of sulfonamides is 1. The molecule has 3 rings (SSSR count). The first-order valence-electron chi connectivity index (χ1n) is 8.06. The number of nitrogens with zero attached hydrogens (tertiary/aromatic N) is 1. The van der Waals surface area contributed by atoms with E-state index in [-0.39, 0.29) is 15.8 Å². The van der Waals surface area contributed by atoms with Crippen molar-refractivity contribution in [2.24, 2.45) is 0 Å². The van der Waals surface area contributed by atoms with E-state index in [0.717, 1.165) is 11.3 Å². The highest BCUT2D eigenvalue weighted by Gasteiger charge is 2.35. The maximum absolute atomic E-state index is 12.6. The van der Waals surface area contributed by atoms with Gasteiger partial charge in [-0.2, -0.15) is 4.72 Å². The highest BCUT2D eigenvalue weighted by molar-refractivity contribution is 7.89. The van der Waals surface area contributed by atoms with Gasteiger partial charge in [0.15, 0.2) is 0 Å². The van der Waals surface area contributed by atoms with Gasteiger partial charge in [0.25, 0.3) is 0 Å². The van der Waals surface area contributed by atoms with Crippen molar-refractivity contribution >= 4 is 33.2 Å². The van der Waals surface area contributed by atoms with E-state index in [0.29, 0.717) is 18.7 Å². The molecule has 2 aromatic rings. The van der Waals surface area contributed by atoms with Gasteiger partial charge in [0.05, 0.1) is 17.0 Å². The number of rotatable bonds is 5. The van der Waals surface area contributed by atoms with Crippen molar-refractivity contribution in [3.63, 3.8) is 0 Å². The first-order valence-corrected chi connectivity index (χ1v) is 9.92. The smallest absolute Gasteiger partial charge is 0.245 e. The third-order valence-corrected chi connectivity index (χ3v) is 6.05. The summed E-state index contributed by atoms with van der Waals surface area (Å²) in [4.78, 5) is 14.2. The average molecular weight is 395 g/mol. The SMILES string of the molecule is COc1ccc(S(=O)(=O)N[C@H]2CCN(c3ccc(C)cc3)C2=O)cc1Cl. The van der Waals surface area contributed by atoms with E-state index in [9.17, 15) is 13.2 Å². The minimum atomic E-state index is -3.87. The molecule has 0 aromatic heterocycles. The van der Waals surface area contributed by atoms with Crippen LogP contribution in [0.4, 0.5) is 5.69 Å². The number of carbonyl (C=O) groups excluding carboxylic acids is 1. The Balaban J connectivity index is 1.77. The van der Waals surface area contributed by atoms with Crippen LogP contribution < -0.4 is 14.4 Å². The minimum Gasteiger partial charge on any atom is -0.495 e. The molecule has 1 aliphatic heterocycles. The van der Waals surface area contributed by atoms with Crippen LogP contribution in [0.1, 0.15) is 12.0 Å². The molecular weight excluding hydrogens is 376 g/mol. The maximum Gasteiger partial charge on any atom is 0.245 e.